The van der Waals surface area contributed by atoms with E-state index in [-0.39, 0.29) is 34.3 Å². The Labute approximate surface area is 87.1 Å². The molecule has 0 bridgehead atoms. The zero-order chi connectivity index (χ0) is 7.23. The van der Waals surface area contributed by atoms with Crippen LogP contribution in [-0.2, 0) is 27.7 Å². The standard InChI is InChI=1S/C8H11NO.Hg/c10-7-6-9-8-4-2-1-3-5-8;/h1-5,9-10H,6-7H2;. The summed E-state index contributed by atoms with van der Waals surface area (Å²) in [5, 5.41) is 11.5. The Balaban J connectivity index is 0.000001000. The van der Waals surface area contributed by atoms with Gasteiger partial charge < -0.3 is 10.4 Å². The van der Waals surface area contributed by atoms with E-state index in [4.69, 9.17) is 5.11 Å². The van der Waals surface area contributed by atoms with Crippen LogP contribution in [0.3, 0.4) is 0 Å². The van der Waals surface area contributed by atoms with Crippen molar-refractivity contribution >= 4 is 5.69 Å². The van der Waals surface area contributed by atoms with E-state index in [0.29, 0.717) is 6.54 Å². The Kier molecular flexibility index (Phi) is 6.56. The fourth-order valence-electron chi connectivity index (χ4n) is 0.756. The van der Waals surface area contributed by atoms with E-state index >= 15 is 0 Å². The smallest absolute Gasteiger partial charge is 0.0604 e. The first kappa shape index (κ1) is 10.9. The van der Waals surface area contributed by atoms with Gasteiger partial charge in [-0.05, 0) is 12.1 Å². The van der Waals surface area contributed by atoms with Crippen molar-refractivity contribution in [3.8, 4) is 0 Å². The predicted octanol–water partition coefficient (Wildman–Crippen LogP) is 1.09. The average Bonchev–Trinajstić information content (AvgIpc) is 2.03. The maximum Gasteiger partial charge on any atom is 0.0604 e. The summed E-state index contributed by atoms with van der Waals surface area (Å²) in [5.74, 6) is 0. The minimum Gasteiger partial charge on any atom is -0.395 e. The SMILES string of the molecule is OCCNc1ccccc1.[Hg]. The Morgan fingerprint density at radius 2 is 1.82 bits per heavy atom. The first-order valence-electron chi connectivity index (χ1n) is 3.33. The Morgan fingerprint density at radius 3 is 2.36 bits per heavy atom. The molecule has 3 heteroatoms. The average molecular weight is 338 g/mol. The molecule has 11 heavy (non-hydrogen) atoms. The van der Waals surface area contributed by atoms with E-state index in [1.807, 2.05) is 30.3 Å². The number of anilines is 1. The maximum absolute atomic E-state index is 8.47. The summed E-state index contributed by atoms with van der Waals surface area (Å²) in [7, 11) is 0. The van der Waals surface area contributed by atoms with Gasteiger partial charge in [0, 0.05) is 39.9 Å². The molecule has 2 nitrogen and oxygen atoms in total. The van der Waals surface area contributed by atoms with Gasteiger partial charge in [-0.3, -0.25) is 0 Å². The first-order chi connectivity index (χ1) is 4.93. The second-order valence-corrected chi connectivity index (χ2v) is 2.02. The maximum atomic E-state index is 8.47. The number of aliphatic hydroxyl groups is 1. The summed E-state index contributed by atoms with van der Waals surface area (Å²) in [6.07, 6.45) is 0. The van der Waals surface area contributed by atoms with Crippen molar-refractivity contribution < 1.29 is 32.8 Å². The third-order valence-corrected chi connectivity index (χ3v) is 1.21. The summed E-state index contributed by atoms with van der Waals surface area (Å²) in [4.78, 5) is 0. The first-order valence-corrected chi connectivity index (χ1v) is 3.33. The second kappa shape index (κ2) is 6.61. The molecule has 0 amide bonds. The van der Waals surface area contributed by atoms with Crippen LogP contribution >= 0.6 is 0 Å². The van der Waals surface area contributed by atoms with Crippen LogP contribution in [-0.4, -0.2) is 18.3 Å². The predicted molar refractivity (Wildman–Crippen MR) is 42.0 cm³/mol. The molecule has 0 aliphatic carbocycles. The molecule has 0 fully saturated rings. The molecule has 2 N–H and O–H groups in total. The topological polar surface area (TPSA) is 32.3 Å². The molecular weight excluding hydrogens is 327 g/mol. The molecular formula is C8H11HgNO. The number of hydrogen-bond donors (Lipinski definition) is 2. The summed E-state index contributed by atoms with van der Waals surface area (Å²) in [5.41, 5.74) is 1.05. The molecule has 56 valence electrons. The van der Waals surface area contributed by atoms with Crippen molar-refractivity contribution in [3.05, 3.63) is 30.3 Å². The van der Waals surface area contributed by atoms with Crippen LogP contribution in [0.5, 0.6) is 0 Å². The molecule has 0 aromatic heterocycles. The van der Waals surface area contributed by atoms with Crippen molar-refractivity contribution in [1.82, 2.24) is 0 Å². The molecule has 1 rings (SSSR count). The zero-order valence-corrected chi connectivity index (χ0v) is 12.0. The van der Waals surface area contributed by atoms with E-state index in [0.717, 1.165) is 5.69 Å². The van der Waals surface area contributed by atoms with Crippen LogP contribution in [0.4, 0.5) is 5.69 Å². The molecule has 0 saturated carbocycles. The Morgan fingerprint density at radius 1 is 1.18 bits per heavy atom. The van der Waals surface area contributed by atoms with Crippen molar-refractivity contribution in [2.45, 2.75) is 0 Å². The minimum atomic E-state index is 0. The number of nitrogens with one attached hydrogen (secondary N) is 1. The van der Waals surface area contributed by atoms with Crippen LogP contribution in [0.15, 0.2) is 30.3 Å². The van der Waals surface area contributed by atoms with Crippen LogP contribution in [0.25, 0.3) is 0 Å². The fourth-order valence-corrected chi connectivity index (χ4v) is 0.756. The van der Waals surface area contributed by atoms with E-state index in [1.165, 1.54) is 0 Å². The van der Waals surface area contributed by atoms with Crippen LogP contribution in [0.1, 0.15) is 0 Å². The van der Waals surface area contributed by atoms with Gasteiger partial charge in [0.25, 0.3) is 0 Å². The molecule has 0 aliphatic rings. The number of rotatable bonds is 3. The Hall–Kier alpha value is -0.0849. The van der Waals surface area contributed by atoms with Crippen LogP contribution in [0, 0.1) is 0 Å². The molecule has 0 saturated heterocycles. The van der Waals surface area contributed by atoms with Gasteiger partial charge in [0.2, 0.25) is 0 Å². The quantitative estimate of drug-likeness (QED) is 0.809. The molecule has 0 radical (unpaired) electrons. The molecule has 0 heterocycles. The van der Waals surface area contributed by atoms with Gasteiger partial charge in [-0.25, -0.2) is 0 Å². The molecule has 1 aromatic carbocycles. The van der Waals surface area contributed by atoms with Crippen molar-refractivity contribution in [2.75, 3.05) is 18.5 Å². The molecule has 0 atom stereocenters. The summed E-state index contributed by atoms with van der Waals surface area (Å²) in [6.45, 7) is 0.791. The summed E-state index contributed by atoms with van der Waals surface area (Å²) in [6, 6.07) is 9.81. The summed E-state index contributed by atoms with van der Waals surface area (Å²) >= 11 is 0. The van der Waals surface area contributed by atoms with E-state index in [1.54, 1.807) is 0 Å². The van der Waals surface area contributed by atoms with Crippen molar-refractivity contribution in [2.24, 2.45) is 0 Å². The van der Waals surface area contributed by atoms with Gasteiger partial charge in [0.05, 0.1) is 6.61 Å². The Bertz CT molecular complexity index is 179. The number of benzene rings is 1. The number of hydrogen-bond acceptors (Lipinski definition) is 2. The van der Waals surface area contributed by atoms with Gasteiger partial charge in [0.1, 0.15) is 0 Å². The largest absolute Gasteiger partial charge is 0.395 e. The fraction of sp³-hybridized carbons (Fsp3) is 0.250. The molecule has 0 spiro atoms. The van der Waals surface area contributed by atoms with Crippen LogP contribution < -0.4 is 5.32 Å². The van der Waals surface area contributed by atoms with Gasteiger partial charge in [-0.1, -0.05) is 18.2 Å². The van der Waals surface area contributed by atoms with E-state index < -0.39 is 0 Å². The minimum absolute atomic E-state index is 0. The van der Waals surface area contributed by atoms with Gasteiger partial charge in [-0.2, -0.15) is 0 Å². The molecule has 1 aromatic rings. The van der Waals surface area contributed by atoms with Gasteiger partial charge in [-0.15, -0.1) is 0 Å². The van der Waals surface area contributed by atoms with Crippen molar-refractivity contribution in [3.63, 3.8) is 0 Å². The number of para-hydroxylation sites is 1. The number of aliphatic hydroxyl groups excluding tert-OH is 1. The second-order valence-electron chi connectivity index (χ2n) is 2.02. The van der Waals surface area contributed by atoms with E-state index in [2.05, 4.69) is 5.32 Å². The van der Waals surface area contributed by atoms with Gasteiger partial charge in [0.15, 0.2) is 0 Å². The van der Waals surface area contributed by atoms with Crippen molar-refractivity contribution in [1.29, 1.82) is 0 Å². The van der Waals surface area contributed by atoms with Gasteiger partial charge >= 0.3 is 0 Å². The van der Waals surface area contributed by atoms with E-state index in [9.17, 15) is 0 Å². The summed E-state index contributed by atoms with van der Waals surface area (Å²) < 4.78 is 0. The monoisotopic (exact) mass is 339 g/mol. The third-order valence-electron chi connectivity index (χ3n) is 1.21. The zero-order valence-electron chi connectivity index (χ0n) is 6.46. The molecule has 0 unspecified atom stereocenters. The van der Waals surface area contributed by atoms with Crippen LogP contribution in [0.2, 0.25) is 0 Å². The molecule has 0 aliphatic heterocycles. The normalized spacial score (nSPS) is 8.45. The third kappa shape index (κ3) is 4.38.